The smallest absolute Gasteiger partial charge is 0.256 e. The molecule has 0 fully saturated rings. The number of carbonyl (C=O) groups is 1. The van der Waals surface area contributed by atoms with E-state index in [4.69, 9.17) is 4.42 Å². The first-order valence-electron chi connectivity index (χ1n) is 7.21. The summed E-state index contributed by atoms with van der Waals surface area (Å²) in [7, 11) is 1.68. The largest absolute Gasteiger partial charge is 0.439 e. The van der Waals surface area contributed by atoms with Crippen molar-refractivity contribution in [2.24, 2.45) is 0 Å². The molecule has 24 heavy (non-hydrogen) atoms. The summed E-state index contributed by atoms with van der Waals surface area (Å²) in [4.78, 5) is 22.8. The van der Waals surface area contributed by atoms with Crippen molar-refractivity contribution < 1.29 is 13.6 Å². The first-order valence-corrected chi connectivity index (χ1v) is 8.73. The topological polar surface area (TPSA) is 64.2 Å². The third-order valence-electron chi connectivity index (χ3n) is 3.94. The van der Waals surface area contributed by atoms with Gasteiger partial charge < -0.3 is 9.32 Å². The maximum atomic E-state index is 13.6. The molecule has 0 spiro atoms. The number of carbonyl (C=O) groups excluding carboxylic acids is 1. The molecule has 0 atom stereocenters. The SMILES string of the molecule is CN1Cc2c(-c3ncc(CI)o3)ncn2-c2ccc(F)cc2C1=O. The van der Waals surface area contributed by atoms with Gasteiger partial charge in [-0.3, -0.25) is 9.36 Å². The van der Waals surface area contributed by atoms with Crippen LogP contribution in [-0.2, 0) is 11.0 Å². The van der Waals surface area contributed by atoms with Crippen LogP contribution >= 0.6 is 22.6 Å². The summed E-state index contributed by atoms with van der Waals surface area (Å²) < 4.78 is 21.8. The molecule has 0 saturated carbocycles. The number of aromatic nitrogens is 3. The lowest BCUT2D eigenvalue weighted by Gasteiger charge is -2.14. The highest BCUT2D eigenvalue weighted by atomic mass is 127. The van der Waals surface area contributed by atoms with E-state index in [9.17, 15) is 9.18 Å². The summed E-state index contributed by atoms with van der Waals surface area (Å²) in [5.41, 5.74) is 2.27. The monoisotopic (exact) mass is 438 g/mol. The van der Waals surface area contributed by atoms with Gasteiger partial charge in [-0.1, -0.05) is 22.6 Å². The summed E-state index contributed by atoms with van der Waals surface area (Å²) in [6.07, 6.45) is 3.28. The molecule has 1 aliphatic heterocycles. The minimum absolute atomic E-state index is 0.237. The number of imidazole rings is 1. The van der Waals surface area contributed by atoms with Crippen molar-refractivity contribution in [3.63, 3.8) is 0 Å². The lowest BCUT2D eigenvalue weighted by Crippen LogP contribution is -2.25. The zero-order valence-corrected chi connectivity index (χ0v) is 14.8. The zero-order chi connectivity index (χ0) is 16.8. The van der Waals surface area contributed by atoms with Crippen LogP contribution < -0.4 is 0 Å². The molecule has 0 radical (unpaired) electrons. The van der Waals surface area contributed by atoms with E-state index in [-0.39, 0.29) is 5.91 Å². The Morgan fingerprint density at radius 2 is 2.21 bits per heavy atom. The quantitative estimate of drug-likeness (QED) is 0.456. The second-order valence-electron chi connectivity index (χ2n) is 5.50. The molecule has 3 aromatic rings. The van der Waals surface area contributed by atoms with Crippen LogP contribution in [0.1, 0.15) is 21.8 Å². The van der Waals surface area contributed by atoms with Gasteiger partial charge in [0.05, 0.1) is 34.1 Å². The molecular weight excluding hydrogens is 426 g/mol. The Kier molecular flexibility index (Phi) is 3.63. The van der Waals surface area contributed by atoms with Crippen molar-refractivity contribution in [1.29, 1.82) is 0 Å². The average molecular weight is 438 g/mol. The number of rotatable bonds is 2. The van der Waals surface area contributed by atoms with Crippen LogP contribution in [0.5, 0.6) is 0 Å². The van der Waals surface area contributed by atoms with E-state index >= 15 is 0 Å². The van der Waals surface area contributed by atoms with E-state index in [0.29, 0.717) is 33.8 Å². The fraction of sp³-hybridized carbons (Fsp3) is 0.188. The van der Waals surface area contributed by atoms with E-state index in [1.54, 1.807) is 30.2 Å². The van der Waals surface area contributed by atoms with E-state index in [1.807, 2.05) is 0 Å². The molecule has 0 aliphatic carbocycles. The Morgan fingerprint density at radius 3 is 2.96 bits per heavy atom. The van der Waals surface area contributed by atoms with E-state index in [2.05, 4.69) is 32.6 Å². The van der Waals surface area contributed by atoms with Crippen LogP contribution in [0, 0.1) is 5.82 Å². The second kappa shape index (κ2) is 5.69. The summed E-state index contributed by atoms with van der Waals surface area (Å²) in [6, 6.07) is 4.17. The predicted octanol–water partition coefficient (Wildman–Crippen LogP) is 3.19. The molecule has 0 saturated heterocycles. The van der Waals surface area contributed by atoms with Gasteiger partial charge in [-0.05, 0) is 18.2 Å². The molecule has 8 heteroatoms. The Balaban J connectivity index is 1.92. The number of alkyl halides is 1. The summed E-state index contributed by atoms with van der Waals surface area (Å²) in [5, 5.41) is 0. The van der Waals surface area contributed by atoms with Crippen LogP contribution in [0.15, 0.2) is 35.1 Å². The fourth-order valence-electron chi connectivity index (χ4n) is 2.78. The van der Waals surface area contributed by atoms with Crippen molar-refractivity contribution in [2.45, 2.75) is 11.0 Å². The Labute approximate surface area is 150 Å². The van der Waals surface area contributed by atoms with Gasteiger partial charge in [0, 0.05) is 7.05 Å². The molecular formula is C16H12FIN4O2. The van der Waals surface area contributed by atoms with Crippen molar-refractivity contribution in [3.8, 4) is 17.3 Å². The molecule has 1 aliphatic rings. The summed E-state index contributed by atoms with van der Waals surface area (Å²) in [6.45, 7) is 0.326. The highest BCUT2D eigenvalue weighted by molar-refractivity contribution is 14.1. The number of fused-ring (bicyclic) bond motifs is 3. The van der Waals surface area contributed by atoms with Crippen LogP contribution in [-0.4, -0.2) is 32.4 Å². The number of benzene rings is 1. The Bertz CT molecular complexity index is 949. The molecule has 1 amide bonds. The summed E-state index contributed by atoms with van der Waals surface area (Å²) >= 11 is 2.20. The van der Waals surface area contributed by atoms with Crippen LogP contribution in [0.3, 0.4) is 0 Å². The minimum atomic E-state index is -0.446. The van der Waals surface area contributed by atoms with Crippen molar-refractivity contribution >= 4 is 28.5 Å². The Morgan fingerprint density at radius 1 is 1.38 bits per heavy atom. The second-order valence-corrected chi connectivity index (χ2v) is 6.26. The Hall–Kier alpha value is -2.23. The van der Waals surface area contributed by atoms with Crippen molar-refractivity contribution in [1.82, 2.24) is 19.4 Å². The van der Waals surface area contributed by atoms with Gasteiger partial charge in [0.25, 0.3) is 5.91 Å². The molecule has 2 aromatic heterocycles. The van der Waals surface area contributed by atoms with Crippen LogP contribution in [0.25, 0.3) is 17.3 Å². The minimum Gasteiger partial charge on any atom is -0.439 e. The number of amides is 1. The summed E-state index contributed by atoms with van der Waals surface area (Å²) in [5.74, 6) is 0.493. The number of oxazole rings is 1. The highest BCUT2D eigenvalue weighted by Gasteiger charge is 2.28. The van der Waals surface area contributed by atoms with Gasteiger partial charge in [0.15, 0.2) is 0 Å². The van der Waals surface area contributed by atoms with E-state index < -0.39 is 5.82 Å². The van der Waals surface area contributed by atoms with Gasteiger partial charge in [-0.2, -0.15) is 0 Å². The number of nitrogens with zero attached hydrogens (tertiary/aromatic N) is 4. The number of hydrogen-bond acceptors (Lipinski definition) is 4. The normalized spacial score (nSPS) is 13.6. The third-order valence-corrected chi connectivity index (χ3v) is 4.69. The number of hydrogen-bond donors (Lipinski definition) is 0. The first kappa shape index (κ1) is 15.3. The molecule has 3 heterocycles. The van der Waals surface area contributed by atoms with Gasteiger partial charge >= 0.3 is 0 Å². The average Bonchev–Trinajstić information content (AvgIpc) is 3.18. The molecule has 4 rings (SSSR count). The lowest BCUT2D eigenvalue weighted by atomic mass is 10.1. The van der Waals surface area contributed by atoms with Crippen LogP contribution in [0.4, 0.5) is 4.39 Å². The third kappa shape index (κ3) is 2.32. The maximum absolute atomic E-state index is 13.6. The molecule has 0 unspecified atom stereocenters. The van der Waals surface area contributed by atoms with Gasteiger partial charge in [0.1, 0.15) is 23.6 Å². The van der Waals surface area contributed by atoms with Gasteiger partial charge in [0.2, 0.25) is 5.89 Å². The maximum Gasteiger partial charge on any atom is 0.256 e. The van der Waals surface area contributed by atoms with Crippen molar-refractivity contribution in [3.05, 3.63) is 53.6 Å². The first-order chi connectivity index (χ1) is 11.6. The predicted molar refractivity (Wildman–Crippen MR) is 92.5 cm³/mol. The number of halogens is 2. The van der Waals surface area contributed by atoms with Crippen molar-refractivity contribution in [2.75, 3.05) is 7.05 Å². The fourth-order valence-corrected chi connectivity index (χ4v) is 3.13. The van der Waals surface area contributed by atoms with Gasteiger partial charge in [-0.15, -0.1) is 0 Å². The zero-order valence-electron chi connectivity index (χ0n) is 12.7. The lowest BCUT2D eigenvalue weighted by molar-refractivity contribution is 0.0787. The molecule has 0 N–H and O–H groups in total. The van der Waals surface area contributed by atoms with Gasteiger partial charge in [-0.25, -0.2) is 14.4 Å². The standard InChI is InChI=1S/C16H12FIN4O2/c1-21-7-13-14(15-19-6-10(5-18)24-15)20-8-22(13)12-3-2-9(17)4-11(12)16(21)23/h2-4,6,8H,5,7H2,1H3. The molecule has 1 aromatic carbocycles. The van der Waals surface area contributed by atoms with Crippen LogP contribution in [0.2, 0.25) is 0 Å². The highest BCUT2D eigenvalue weighted by Crippen LogP contribution is 2.30. The van der Waals surface area contributed by atoms with E-state index in [1.165, 1.54) is 17.0 Å². The molecule has 0 bridgehead atoms. The molecule has 6 nitrogen and oxygen atoms in total. The van der Waals surface area contributed by atoms with E-state index in [0.717, 1.165) is 11.5 Å². The molecule has 122 valence electrons.